The molecule has 0 saturated carbocycles. The summed E-state index contributed by atoms with van der Waals surface area (Å²) in [6.45, 7) is 5.96. The standard InChI is InChI=1S/C19H20N4O2S2/c1-11(2)16(15-5-4-10-26-15)21-17(24)13-6-8-14(9-7-13)20-18(25)19-23-22-12(3)27-19/h4-11,16H,1-3H3,(H,20,25)(H,21,24)/t16-/m0/s1. The number of nitrogens with one attached hydrogen (secondary N) is 2. The second kappa shape index (κ2) is 8.41. The number of carbonyl (C=O) groups is 2. The Hall–Kier alpha value is -2.58. The van der Waals surface area contributed by atoms with Gasteiger partial charge in [-0.15, -0.1) is 21.5 Å². The molecule has 2 heterocycles. The summed E-state index contributed by atoms with van der Waals surface area (Å²) in [5.74, 6) is -0.170. The molecular formula is C19H20N4O2S2. The number of amides is 2. The van der Waals surface area contributed by atoms with Gasteiger partial charge in [-0.3, -0.25) is 9.59 Å². The van der Waals surface area contributed by atoms with Gasteiger partial charge in [-0.2, -0.15) is 0 Å². The molecule has 0 saturated heterocycles. The first-order chi connectivity index (χ1) is 12.9. The molecule has 0 fully saturated rings. The highest BCUT2D eigenvalue weighted by Crippen LogP contribution is 2.26. The highest BCUT2D eigenvalue weighted by molar-refractivity contribution is 7.13. The third-order valence-corrected chi connectivity index (χ3v) is 5.72. The summed E-state index contributed by atoms with van der Waals surface area (Å²) in [5.41, 5.74) is 1.14. The number of rotatable bonds is 6. The molecule has 2 N–H and O–H groups in total. The highest BCUT2D eigenvalue weighted by Gasteiger charge is 2.20. The number of nitrogens with zero attached hydrogens (tertiary/aromatic N) is 2. The molecule has 0 bridgehead atoms. The van der Waals surface area contributed by atoms with E-state index in [0.717, 1.165) is 9.88 Å². The lowest BCUT2D eigenvalue weighted by Gasteiger charge is -2.21. The van der Waals surface area contributed by atoms with E-state index in [1.54, 1.807) is 42.5 Å². The second-order valence-corrected chi connectivity index (χ2v) is 8.53. The minimum absolute atomic E-state index is 0.0301. The summed E-state index contributed by atoms with van der Waals surface area (Å²) in [4.78, 5) is 25.9. The van der Waals surface area contributed by atoms with Gasteiger partial charge in [-0.05, 0) is 48.6 Å². The number of hydrogen-bond acceptors (Lipinski definition) is 6. The fourth-order valence-electron chi connectivity index (χ4n) is 2.54. The van der Waals surface area contributed by atoms with E-state index in [2.05, 4.69) is 34.7 Å². The molecule has 140 valence electrons. The first-order valence-corrected chi connectivity index (χ1v) is 10.2. The van der Waals surface area contributed by atoms with E-state index in [4.69, 9.17) is 0 Å². The van der Waals surface area contributed by atoms with Gasteiger partial charge in [0.2, 0.25) is 5.01 Å². The Morgan fingerprint density at radius 3 is 2.33 bits per heavy atom. The summed E-state index contributed by atoms with van der Waals surface area (Å²) in [6, 6.07) is 10.8. The van der Waals surface area contributed by atoms with Gasteiger partial charge in [0.15, 0.2) is 0 Å². The van der Waals surface area contributed by atoms with Crippen molar-refractivity contribution in [1.29, 1.82) is 0 Å². The van der Waals surface area contributed by atoms with Crippen LogP contribution in [0.2, 0.25) is 0 Å². The topological polar surface area (TPSA) is 84.0 Å². The number of anilines is 1. The summed E-state index contributed by atoms with van der Waals surface area (Å²) in [5, 5.41) is 16.6. The van der Waals surface area contributed by atoms with Crippen LogP contribution >= 0.6 is 22.7 Å². The van der Waals surface area contributed by atoms with Gasteiger partial charge in [0.25, 0.3) is 11.8 Å². The van der Waals surface area contributed by atoms with Gasteiger partial charge in [0.1, 0.15) is 5.01 Å². The van der Waals surface area contributed by atoms with Crippen molar-refractivity contribution in [3.8, 4) is 0 Å². The predicted octanol–water partition coefficient (Wildman–Crippen LogP) is 4.29. The molecule has 0 spiro atoms. The zero-order valence-electron chi connectivity index (χ0n) is 15.2. The first kappa shape index (κ1) is 19.2. The molecule has 27 heavy (non-hydrogen) atoms. The van der Waals surface area contributed by atoms with Crippen molar-refractivity contribution in [1.82, 2.24) is 15.5 Å². The third-order valence-electron chi connectivity index (χ3n) is 3.93. The molecular weight excluding hydrogens is 380 g/mol. The lowest BCUT2D eigenvalue weighted by Crippen LogP contribution is -2.31. The van der Waals surface area contributed by atoms with Crippen LogP contribution < -0.4 is 10.6 Å². The number of aromatic nitrogens is 2. The average molecular weight is 401 g/mol. The first-order valence-electron chi connectivity index (χ1n) is 8.50. The lowest BCUT2D eigenvalue weighted by atomic mass is 10.0. The van der Waals surface area contributed by atoms with E-state index < -0.39 is 0 Å². The fraction of sp³-hybridized carbons (Fsp3) is 0.263. The van der Waals surface area contributed by atoms with E-state index in [0.29, 0.717) is 16.3 Å². The zero-order valence-corrected chi connectivity index (χ0v) is 16.9. The van der Waals surface area contributed by atoms with E-state index in [1.165, 1.54) is 11.3 Å². The van der Waals surface area contributed by atoms with Crippen LogP contribution in [0.5, 0.6) is 0 Å². The molecule has 1 aromatic carbocycles. The predicted molar refractivity (Wildman–Crippen MR) is 108 cm³/mol. The summed E-state index contributed by atoms with van der Waals surface area (Å²) < 4.78 is 0. The highest BCUT2D eigenvalue weighted by atomic mass is 32.1. The molecule has 0 aliphatic rings. The zero-order chi connectivity index (χ0) is 19.4. The molecule has 1 atom stereocenters. The molecule has 0 aliphatic carbocycles. The average Bonchev–Trinajstić information content (AvgIpc) is 3.31. The van der Waals surface area contributed by atoms with Crippen molar-refractivity contribution >= 4 is 40.2 Å². The van der Waals surface area contributed by atoms with Crippen LogP contribution in [0.3, 0.4) is 0 Å². The Kier molecular flexibility index (Phi) is 5.98. The molecule has 0 unspecified atom stereocenters. The van der Waals surface area contributed by atoms with E-state index in [1.807, 2.05) is 17.5 Å². The Bertz CT molecular complexity index is 918. The maximum Gasteiger partial charge on any atom is 0.286 e. The lowest BCUT2D eigenvalue weighted by molar-refractivity contribution is 0.0926. The van der Waals surface area contributed by atoms with E-state index >= 15 is 0 Å². The molecule has 0 radical (unpaired) electrons. The third kappa shape index (κ3) is 4.78. The fourth-order valence-corrected chi connectivity index (χ4v) is 4.07. The van der Waals surface area contributed by atoms with Crippen LogP contribution in [0.4, 0.5) is 5.69 Å². The van der Waals surface area contributed by atoms with Crippen LogP contribution in [0.15, 0.2) is 41.8 Å². The van der Waals surface area contributed by atoms with Gasteiger partial charge in [-0.1, -0.05) is 31.3 Å². The molecule has 3 aromatic rings. The monoisotopic (exact) mass is 400 g/mol. The number of thiophene rings is 1. The van der Waals surface area contributed by atoms with Crippen LogP contribution in [0.1, 0.15) is 49.9 Å². The number of benzene rings is 1. The number of aryl methyl sites for hydroxylation is 1. The summed E-state index contributed by atoms with van der Waals surface area (Å²) in [7, 11) is 0. The van der Waals surface area contributed by atoms with Crippen LogP contribution in [0.25, 0.3) is 0 Å². The van der Waals surface area contributed by atoms with Crippen LogP contribution in [-0.2, 0) is 0 Å². The smallest absolute Gasteiger partial charge is 0.286 e. The van der Waals surface area contributed by atoms with Crippen molar-refractivity contribution in [2.45, 2.75) is 26.8 Å². The SMILES string of the molecule is Cc1nnc(C(=O)Nc2ccc(C(=O)N[C@H](c3cccs3)C(C)C)cc2)s1. The molecule has 6 nitrogen and oxygen atoms in total. The largest absolute Gasteiger partial charge is 0.344 e. The minimum atomic E-state index is -0.310. The molecule has 3 rings (SSSR count). The molecule has 2 aromatic heterocycles. The van der Waals surface area contributed by atoms with Crippen molar-refractivity contribution in [3.05, 3.63) is 62.2 Å². The van der Waals surface area contributed by atoms with Crippen molar-refractivity contribution in [2.24, 2.45) is 5.92 Å². The normalized spacial score (nSPS) is 12.0. The maximum atomic E-state index is 12.6. The Morgan fingerprint density at radius 1 is 1.04 bits per heavy atom. The second-order valence-electron chi connectivity index (χ2n) is 6.37. The number of carbonyl (C=O) groups excluding carboxylic acids is 2. The van der Waals surface area contributed by atoms with Crippen molar-refractivity contribution in [3.63, 3.8) is 0 Å². The van der Waals surface area contributed by atoms with Crippen molar-refractivity contribution in [2.75, 3.05) is 5.32 Å². The molecule has 2 amide bonds. The maximum absolute atomic E-state index is 12.6. The van der Waals surface area contributed by atoms with Gasteiger partial charge in [-0.25, -0.2) is 0 Å². The summed E-state index contributed by atoms with van der Waals surface area (Å²) >= 11 is 2.87. The van der Waals surface area contributed by atoms with Gasteiger partial charge in [0, 0.05) is 16.1 Å². The Balaban J connectivity index is 1.65. The van der Waals surface area contributed by atoms with E-state index in [-0.39, 0.29) is 23.8 Å². The molecule has 0 aliphatic heterocycles. The summed E-state index contributed by atoms with van der Waals surface area (Å²) in [6.07, 6.45) is 0. The Labute approximate surface area is 165 Å². The quantitative estimate of drug-likeness (QED) is 0.647. The van der Waals surface area contributed by atoms with Crippen LogP contribution in [0, 0.1) is 12.8 Å². The van der Waals surface area contributed by atoms with E-state index in [9.17, 15) is 9.59 Å². The van der Waals surface area contributed by atoms with Crippen LogP contribution in [-0.4, -0.2) is 22.0 Å². The van der Waals surface area contributed by atoms with Gasteiger partial charge < -0.3 is 10.6 Å². The number of hydrogen-bond donors (Lipinski definition) is 2. The van der Waals surface area contributed by atoms with Gasteiger partial charge >= 0.3 is 0 Å². The molecule has 8 heteroatoms. The minimum Gasteiger partial charge on any atom is -0.344 e. The Morgan fingerprint density at radius 2 is 1.78 bits per heavy atom. The van der Waals surface area contributed by atoms with Crippen molar-refractivity contribution < 1.29 is 9.59 Å². The van der Waals surface area contributed by atoms with Gasteiger partial charge in [0.05, 0.1) is 6.04 Å².